The third kappa shape index (κ3) is 4.61. The average Bonchev–Trinajstić information content (AvgIpc) is 3.14. The van der Waals surface area contributed by atoms with Crippen LogP contribution >= 0.6 is 11.3 Å². The Morgan fingerprint density at radius 2 is 2.13 bits per heavy atom. The Balaban J connectivity index is 1.23. The van der Waals surface area contributed by atoms with Gasteiger partial charge in [-0.3, -0.25) is 10.1 Å². The van der Waals surface area contributed by atoms with Crippen LogP contribution in [0, 0.1) is 5.95 Å². The second-order valence-electron chi connectivity index (χ2n) is 7.35. The number of halogens is 1. The van der Waals surface area contributed by atoms with Crippen molar-refractivity contribution in [2.24, 2.45) is 0 Å². The van der Waals surface area contributed by atoms with E-state index in [1.807, 2.05) is 30.1 Å². The van der Waals surface area contributed by atoms with Crippen LogP contribution in [0.4, 0.5) is 9.52 Å². The molecule has 0 saturated heterocycles. The fourth-order valence-electron chi connectivity index (χ4n) is 3.26. The molecule has 0 spiro atoms. The zero-order chi connectivity index (χ0) is 21.2. The molecule has 1 N–H and O–H groups in total. The first-order valence-corrected chi connectivity index (χ1v) is 10.8. The number of thiazole rings is 1. The molecule has 0 atom stereocenters. The van der Waals surface area contributed by atoms with Crippen LogP contribution in [0.2, 0.25) is 0 Å². The molecule has 1 aliphatic rings. The second kappa shape index (κ2) is 8.27. The van der Waals surface area contributed by atoms with Crippen molar-refractivity contribution < 1.29 is 9.18 Å². The van der Waals surface area contributed by atoms with E-state index in [0.717, 1.165) is 17.0 Å². The fourth-order valence-corrected chi connectivity index (χ4v) is 3.93. The van der Waals surface area contributed by atoms with Crippen molar-refractivity contribution in [3.8, 4) is 0 Å². The van der Waals surface area contributed by atoms with Crippen molar-refractivity contribution in [3.05, 3.63) is 83.2 Å². The molecule has 1 saturated carbocycles. The quantitative estimate of drug-likeness (QED) is 0.435. The lowest BCUT2D eigenvalue weighted by atomic mass is 10.2. The Kier molecular flexibility index (Phi) is 5.17. The van der Waals surface area contributed by atoms with Crippen molar-refractivity contribution in [3.63, 3.8) is 0 Å². The summed E-state index contributed by atoms with van der Waals surface area (Å²) in [6.07, 6.45) is 13.3. The topological polar surface area (TPSA) is 77.6 Å². The monoisotopic (exact) mass is 434 g/mol. The molecule has 4 aromatic rings. The van der Waals surface area contributed by atoms with Gasteiger partial charge in [0, 0.05) is 36.6 Å². The molecule has 31 heavy (non-hydrogen) atoms. The summed E-state index contributed by atoms with van der Waals surface area (Å²) in [6, 6.07) is 7.18. The molecule has 4 heterocycles. The predicted molar refractivity (Wildman–Crippen MR) is 117 cm³/mol. The molecule has 1 amide bonds. The molecule has 7 nitrogen and oxygen atoms in total. The lowest BCUT2D eigenvalue weighted by Crippen LogP contribution is -2.17. The first kappa shape index (κ1) is 19.4. The summed E-state index contributed by atoms with van der Waals surface area (Å²) in [7, 11) is 0. The number of rotatable bonds is 7. The number of pyridine rings is 1. The van der Waals surface area contributed by atoms with E-state index in [4.69, 9.17) is 0 Å². The zero-order valence-corrected chi connectivity index (χ0v) is 17.3. The van der Waals surface area contributed by atoms with Crippen LogP contribution in [0.15, 0.2) is 54.6 Å². The Morgan fingerprint density at radius 1 is 1.26 bits per heavy atom. The van der Waals surface area contributed by atoms with Gasteiger partial charge in [-0.15, -0.1) is 11.3 Å². The molecule has 5 rings (SSSR count). The minimum Gasteiger partial charge on any atom is -0.339 e. The number of hydrogen-bond donors (Lipinski definition) is 1. The molecule has 0 aromatic carbocycles. The van der Waals surface area contributed by atoms with Gasteiger partial charge in [0.1, 0.15) is 5.69 Å². The molecule has 1 aliphatic carbocycles. The van der Waals surface area contributed by atoms with Gasteiger partial charge in [-0.05, 0) is 54.8 Å². The minimum atomic E-state index is -0.543. The summed E-state index contributed by atoms with van der Waals surface area (Å²) in [5.74, 6) is -0.814. The van der Waals surface area contributed by atoms with Crippen LogP contribution in [0.1, 0.15) is 46.3 Å². The Labute approximate surface area is 181 Å². The van der Waals surface area contributed by atoms with Crippen LogP contribution in [0.3, 0.4) is 0 Å². The summed E-state index contributed by atoms with van der Waals surface area (Å²) in [5, 5.41) is 5.22. The van der Waals surface area contributed by atoms with Crippen LogP contribution in [-0.2, 0) is 6.54 Å². The molecule has 0 unspecified atom stereocenters. The van der Waals surface area contributed by atoms with E-state index in [1.165, 1.54) is 36.4 Å². The molecular formula is C22H19FN6OS. The van der Waals surface area contributed by atoms with E-state index >= 15 is 0 Å². The smallest absolute Gasteiger partial charge is 0.274 e. The van der Waals surface area contributed by atoms with E-state index in [9.17, 15) is 9.18 Å². The van der Waals surface area contributed by atoms with Crippen LogP contribution in [-0.4, -0.2) is 30.0 Å². The molecule has 4 aromatic heterocycles. The highest BCUT2D eigenvalue weighted by atomic mass is 32.1. The molecule has 0 radical (unpaired) electrons. The number of amides is 1. The van der Waals surface area contributed by atoms with Gasteiger partial charge in [-0.2, -0.15) is 4.39 Å². The van der Waals surface area contributed by atoms with E-state index in [-0.39, 0.29) is 5.91 Å². The summed E-state index contributed by atoms with van der Waals surface area (Å²) < 4.78 is 17.2. The number of anilines is 1. The average molecular weight is 435 g/mol. The highest BCUT2D eigenvalue weighted by molar-refractivity contribution is 7.14. The number of carbonyl (C=O) groups is 1. The van der Waals surface area contributed by atoms with Gasteiger partial charge in [0.25, 0.3) is 5.91 Å². The van der Waals surface area contributed by atoms with Crippen molar-refractivity contribution in [1.82, 2.24) is 24.1 Å². The third-order valence-electron chi connectivity index (χ3n) is 4.96. The fraction of sp³-hybridized carbons (Fsp3) is 0.182. The maximum Gasteiger partial charge on any atom is 0.274 e. The minimum absolute atomic E-state index is 0.271. The van der Waals surface area contributed by atoms with E-state index in [1.54, 1.807) is 29.0 Å². The SMILES string of the molecule is O=C(Nc1nc(/C=C/c2cn(C3CC3)cn2)cs1)c1cccn1Cc1ccnc(F)c1. The van der Waals surface area contributed by atoms with Crippen LogP contribution in [0.5, 0.6) is 0 Å². The first-order chi connectivity index (χ1) is 15.1. The lowest BCUT2D eigenvalue weighted by molar-refractivity contribution is 0.101. The second-order valence-corrected chi connectivity index (χ2v) is 8.21. The van der Waals surface area contributed by atoms with Crippen molar-refractivity contribution in [2.45, 2.75) is 25.4 Å². The Bertz CT molecular complexity index is 1250. The number of hydrogen-bond acceptors (Lipinski definition) is 5. The third-order valence-corrected chi connectivity index (χ3v) is 5.74. The molecule has 1 fully saturated rings. The van der Waals surface area contributed by atoms with Gasteiger partial charge < -0.3 is 9.13 Å². The first-order valence-electron chi connectivity index (χ1n) is 9.88. The van der Waals surface area contributed by atoms with Gasteiger partial charge in [0.2, 0.25) is 5.95 Å². The normalized spacial score (nSPS) is 13.7. The molecule has 9 heteroatoms. The lowest BCUT2D eigenvalue weighted by Gasteiger charge is -2.09. The largest absolute Gasteiger partial charge is 0.339 e. The summed E-state index contributed by atoms with van der Waals surface area (Å²) in [5.41, 5.74) is 2.83. The summed E-state index contributed by atoms with van der Waals surface area (Å²) in [4.78, 5) is 25.1. The summed E-state index contributed by atoms with van der Waals surface area (Å²) in [6.45, 7) is 0.370. The highest BCUT2D eigenvalue weighted by Crippen LogP contribution is 2.34. The summed E-state index contributed by atoms with van der Waals surface area (Å²) >= 11 is 1.36. The van der Waals surface area contributed by atoms with E-state index < -0.39 is 5.95 Å². The number of nitrogens with zero attached hydrogens (tertiary/aromatic N) is 5. The number of nitrogens with one attached hydrogen (secondary N) is 1. The predicted octanol–water partition coefficient (Wildman–Crippen LogP) is 4.48. The zero-order valence-electron chi connectivity index (χ0n) is 16.5. The van der Waals surface area contributed by atoms with Gasteiger partial charge in [-0.25, -0.2) is 15.0 Å². The van der Waals surface area contributed by atoms with Crippen LogP contribution in [0.25, 0.3) is 12.2 Å². The highest BCUT2D eigenvalue weighted by Gasteiger charge is 2.23. The van der Waals surface area contributed by atoms with E-state index in [0.29, 0.717) is 23.4 Å². The number of imidazole rings is 1. The standard InChI is InChI=1S/C22H19FN6OS/c23-20-10-15(7-8-24-20)11-28-9-1-2-19(28)21(30)27-22-26-17(13-31-22)4-3-16-12-29(14-25-16)18-5-6-18/h1-4,7-10,12-14,18H,5-6,11H2,(H,26,27,30)/b4-3+. The maximum absolute atomic E-state index is 13.3. The van der Waals surface area contributed by atoms with Gasteiger partial charge in [0.05, 0.1) is 17.7 Å². The number of aromatic nitrogens is 5. The van der Waals surface area contributed by atoms with Crippen molar-refractivity contribution >= 4 is 34.5 Å². The van der Waals surface area contributed by atoms with Gasteiger partial charge in [-0.1, -0.05) is 0 Å². The van der Waals surface area contributed by atoms with Gasteiger partial charge >= 0.3 is 0 Å². The van der Waals surface area contributed by atoms with E-state index in [2.05, 4.69) is 24.8 Å². The maximum atomic E-state index is 13.3. The Morgan fingerprint density at radius 3 is 2.97 bits per heavy atom. The molecular weight excluding hydrogens is 415 g/mol. The van der Waals surface area contributed by atoms with Crippen molar-refractivity contribution in [2.75, 3.05) is 5.32 Å². The molecule has 156 valence electrons. The molecule has 0 aliphatic heterocycles. The molecule has 0 bridgehead atoms. The van der Waals surface area contributed by atoms with Crippen molar-refractivity contribution in [1.29, 1.82) is 0 Å². The number of carbonyl (C=O) groups excluding carboxylic acids is 1. The van der Waals surface area contributed by atoms with Crippen LogP contribution < -0.4 is 5.32 Å². The Hall–Kier alpha value is -3.59. The van der Waals surface area contributed by atoms with Gasteiger partial charge in [0.15, 0.2) is 5.13 Å².